The highest BCUT2D eigenvalue weighted by Gasteiger charge is 2.17. The van der Waals surface area contributed by atoms with Crippen LogP contribution in [0.2, 0.25) is 0 Å². The largest absolute Gasteiger partial charge is 0.326 e. The molecule has 0 atom stereocenters. The van der Waals surface area contributed by atoms with Crippen molar-refractivity contribution in [2.75, 3.05) is 0 Å². The lowest BCUT2D eigenvalue weighted by atomic mass is 10.0. The van der Waals surface area contributed by atoms with Crippen molar-refractivity contribution >= 4 is 0 Å². The molecule has 94 valence electrons. The SMILES string of the molecule is NCc1ccc(-c2c(F)cc(F)cc2F)c(F)c1. The molecule has 0 amide bonds. The van der Waals surface area contributed by atoms with Gasteiger partial charge in [-0.1, -0.05) is 12.1 Å². The zero-order valence-corrected chi connectivity index (χ0v) is 9.18. The van der Waals surface area contributed by atoms with Crippen molar-refractivity contribution in [1.82, 2.24) is 0 Å². The molecule has 0 aliphatic heterocycles. The summed E-state index contributed by atoms with van der Waals surface area (Å²) in [5.74, 6) is -4.14. The molecule has 0 aromatic heterocycles. The van der Waals surface area contributed by atoms with Crippen molar-refractivity contribution in [2.45, 2.75) is 6.54 Å². The molecule has 2 rings (SSSR count). The average molecular weight is 255 g/mol. The predicted octanol–water partition coefficient (Wildman–Crippen LogP) is 3.37. The summed E-state index contributed by atoms with van der Waals surface area (Å²) < 4.78 is 53.4. The molecule has 0 fully saturated rings. The topological polar surface area (TPSA) is 26.0 Å². The maximum Gasteiger partial charge on any atom is 0.136 e. The number of nitrogens with two attached hydrogens (primary N) is 1. The lowest BCUT2D eigenvalue weighted by Gasteiger charge is -2.08. The Bertz CT molecular complexity index is 573. The summed E-state index contributed by atoms with van der Waals surface area (Å²) in [6.07, 6.45) is 0. The van der Waals surface area contributed by atoms with E-state index in [0.29, 0.717) is 17.7 Å². The molecule has 0 heterocycles. The maximum absolute atomic E-state index is 13.7. The molecule has 0 aliphatic carbocycles. The second-order valence-corrected chi connectivity index (χ2v) is 3.76. The first kappa shape index (κ1) is 12.6. The second kappa shape index (κ2) is 4.78. The van der Waals surface area contributed by atoms with Crippen LogP contribution in [0.5, 0.6) is 0 Å². The molecule has 0 radical (unpaired) electrons. The van der Waals surface area contributed by atoms with E-state index in [4.69, 9.17) is 5.73 Å². The molecule has 18 heavy (non-hydrogen) atoms. The highest BCUT2D eigenvalue weighted by atomic mass is 19.1. The smallest absolute Gasteiger partial charge is 0.136 e. The first-order valence-corrected chi connectivity index (χ1v) is 5.16. The molecule has 0 spiro atoms. The van der Waals surface area contributed by atoms with Crippen LogP contribution in [0.4, 0.5) is 17.6 Å². The molecule has 0 unspecified atom stereocenters. The Balaban J connectivity index is 2.62. The van der Waals surface area contributed by atoms with E-state index in [0.717, 1.165) is 6.07 Å². The van der Waals surface area contributed by atoms with E-state index >= 15 is 0 Å². The van der Waals surface area contributed by atoms with Crippen LogP contribution in [0.3, 0.4) is 0 Å². The summed E-state index contributed by atoms with van der Waals surface area (Å²) in [4.78, 5) is 0. The quantitative estimate of drug-likeness (QED) is 0.818. The first-order chi connectivity index (χ1) is 8.52. The average Bonchev–Trinajstić information content (AvgIpc) is 2.29. The van der Waals surface area contributed by atoms with Gasteiger partial charge in [0.05, 0.1) is 5.56 Å². The van der Waals surface area contributed by atoms with Crippen molar-refractivity contribution in [3.63, 3.8) is 0 Å². The Kier molecular flexibility index (Phi) is 3.34. The van der Waals surface area contributed by atoms with E-state index in [9.17, 15) is 17.6 Å². The number of hydrogen-bond donors (Lipinski definition) is 1. The Labute approximate surface area is 101 Å². The minimum atomic E-state index is -1.15. The Morgan fingerprint density at radius 1 is 0.833 bits per heavy atom. The highest BCUT2D eigenvalue weighted by Crippen LogP contribution is 2.29. The Morgan fingerprint density at radius 3 is 1.94 bits per heavy atom. The summed E-state index contributed by atoms with van der Waals surface area (Å²) in [5.41, 5.74) is 4.97. The van der Waals surface area contributed by atoms with E-state index in [1.807, 2.05) is 0 Å². The van der Waals surface area contributed by atoms with Crippen molar-refractivity contribution in [3.8, 4) is 11.1 Å². The highest BCUT2D eigenvalue weighted by molar-refractivity contribution is 5.66. The standard InChI is InChI=1S/C13H9F4N/c14-8-4-11(16)13(12(17)5-8)9-2-1-7(6-18)3-10(9)15/h1-5H,6,18H2. The molecule has 1 nitrogen and oxygen atoms in total. The van der Waals surface area contributed by atoms with Crippen LogP contribution < -0.4 is 5.73 Å². The molecular formula is C13H9F4N. The van der Waals surface area contributed by atoms with Crippen molar-refractivity contribution in [1.29, 1.82) is 0 Å². The zero-order chi connectivity index (χ0) is 13.3. The van der Waals surface area contributed by atoms with Crippen LogP contribution in [0.15, 0.2) is 30.3 Å². The summed E-state index contributed by atoms with van der Waals surface area (Å²) in [7, 11) is 0. The summed E-state index contributed by atoms with van der Waals surface area (Å²) >= 11 is 0. The summed E-state index contributed by atoms with van der Waals surface area (Å²) in [6.45, 7) is 0.117. The molecule has 0 aliphatic rings. The van der Waals surface area contributed by atoms with Gasteiger partial charge in [-0.15, -0.1) is 0 Å². The minimum absolute atomic E-state index is 0.117. The van der Waals surface area contributed by atoms with Crippen LogP contribution in [0.25, 0.3) is 11.1 Å². The van der Waals surface area contributed by atoms with E-state index in [2.05, 4.69) is 0 Å². The molecule has 0 saturated heterocycles. The van der Waals surface area contributed by atoms with Crippen LogP contribution in [-0.4, -0.2) is 0 Å². The summed E-state index contributed by atoms with van der Waals surface area (Å²) in [6, 6.07) is 4.79. The molecule has 2 N–H and O–H groups in total. The van der Waals surface area contributed by atoms with Gasteiger partial charge in [-0.2, -0.15) is 0 Å². The van der Waals surface area contributed by atoms with Gasteiger partial charge >= 0.3 is 0 Å². The Hall–Kier alpha value is -1.88. The Morgan fingerprint density at radius 2 is 1.44 bits per heavy atom. The van der Waals surface area contributed by atoms with Crippen LogP contribution >= 0.6 is 0 Å². The van der Waals surface area contributed by atoms with Gasteiger partial charge in [-0.05, 0) is 11.6 Å². The fourth-order valence-corrected chi connectivity index (χ4v) is 1.69. The molecule has 0 bridgehead atoms. The molecule has 0 saturated carbocycles. The number of rotatable bonds is 2. The number of hydrogen-bond acceptors (Lipinski definition) is 1. The molecule has 5 heteroatoms. The van der Waals surface area contributed by atoms with E-state index in [1.54, 1.807) is 0 Å². The zero-order valence-electron chi connectivity index (χ0n) is 9.18. The lowest BCUT2D eigenvalue weighted by Crippen LogP contribution is -1.99. The van der Waals surface area contributed by atoms with Gasteiger partial charge < -0.3 is 5.73 Å². The van der Waals surface area contributed by atoms with Gasteiger partial charge in [0, 0.05) is 24.2 Å². The maximum atomic E-state index is 13.7. The van der Waals surface area contributed by atoms with E-state index in [-0.39, 0.29) is 12.1 Å². The minimum Gasteiger partial charge on any atom is -0.326 e. The summed E-state index contributed by atoms with van der Waals surface area (Å²) in [5, 5.41) is 0. The van der Waals surface area contributed by atoms with Gasteiger partial charge in [-0.25, -0.2) is 17.6 Å². The lowest BCUT2D eigenvalue weighted by molar-refractivity contribution is 0.545. The third-order valence-corrected chi connectivity index (χ3v) is 2.55. The van der Waals surface area contributed by atoms with Crippen LogP contribution in [-0.2, 0) is 6.54 Å². The number of halogens is 4. The first-order valence-electron chi connectivity index (χ1n) is 5.16. The van der Waals surface area contributed by atoms with Crippen LogP contribution in [0.1, 0.15) is 5.56 Å². The second-order valence-electron chi connectivity index (χ2n) is 3.76. The third kappa shape index (κ3) is 2.22. The normalized spacial score (nSPS) is 10.7. The van der Waals surface area contributed by atoms with Gasteiger partial charge in [0.1, 0.15) is 23.3 Å². The molecule has 2 aromatic carbocycles. The van der Waals surface area contributed by atoms with Crippen LogP contribution in [0, 0.1) is 23.3 Å². The van der Waals surface area contributed by atoms with E-state index in [1.165, 1.54) is 12.1 Å². The van der Waals surface area contributed by atoms with Gasteiger partial charge in [0.2, 0.25) is 0 Å². The van der Waals surface area contributed by atoms with Gasteiger partial charge in [0.15, 0.2) is 0 Å². The fraction of sp³-hybridized carbons (Fsp3) is 0.0769. The molecule has 2 aromatic rings. The number of benzene rings is 2. The predicted molar refractivity (Wildman–Crippen MR) is 59.6 cm³/mol. The van der Waals surface area contributed by atoms with Crippen molar-refractivity contribution in [3.05, 3.63) is 59.2 Å². The van der Waals surface area contributed by atoms with Gasteiger partial charge in [0.25, 0.3) is 0 Å². The van der Waals surface area contributed by atoms with Crippen molar-refractivity contribution < 1.29 is 17.6 Å². The third-order valence-electron chi connectivity index (χ3n) is 2.55. The van der Waals surface area contributed by atoms with E-state index < -0.39 is 28.8 Å². The molecular weight excluding hydrogens is 246 g/mol. The van der Waals surface area contributed by atoms with Crippen molar-refractivity contribution in [2.24, 2.45) is 5.73 Å². The fourth-order valence-electron chi connectivity index (χ4n) is 1.69. The monoisotopic (exact) mass is 255 g/mol. The van der Waals surface area contributed by atoms with Gasteiger partial charge in [-0.3, -0.25) is 0 Å².